The number of carbonyl (C=O) groups excluding carboxylic acids is 2. The van der Waals surface area contributed by atoms with Gasteiger partial charge in [-0.2, -0.15) is 0 Å². The summed E-state index contributed by atoms with van der Waals surface area (Å²) in [4.78, 5) is 28.0. The fourth-order valence-corrected chi connectivity index (χ4v) is 5.75. The number of amides is 2. The van der Waals surface area contributed by atoms with Gasteiger partial charge in [0.25, 0.3) is 11.8 Å². The summed E-state index contributed by atoms with van der Waals surface area (Å²) in [6.45, 7) is 1.94. The number of benzene rings is 1. The number of carbonyl (C=O) groups is 2. The van der Waals surface area contributed by atoms with Crippen LogP contribution in [0.3, 0.4) is 0 Å². The molecule has 0 fully saturated rings. The zero-order valence-corrected chi connectivity index (χ0v) is 17.2. The Bertz CT molecular complexity index is 1130. The van der Waals surface area contributed by atoms with Gasteiger partial charge in [-0.25, -0.2) is 5.48 Å². The maximum atomic E-state index is 12.5. The van der Waals surface area contributed by atoms with E-state index >= 15 is 0 Å². The van der Waals surface area contributed by atoms with Crippen LogP contribution >= 0.6 is 34.0 Å². The van der Waals surface area contributed by atoms with Gasteiger partial charge in [0.1, 0.15) is 0 Å². The second-order valence-corrected chi connectivity index (χ2v) is 9.43. The molecule has 0 saturated carbocycles. The lowest BCUT2D eigenvalue weighted by molar-refractivity contribution is 0.0711. The van der Waals surface area contributed by atoms with E-state index in [0.29, 0.717) is 4.88 Å². The Balaban J connectivity index is 1.48. The van der Waals surface area contributed by atoms with E-state index in [1.807, 2.05) is 25.1 Å². The molecule has 28 heavy (non-hydrogen) atoms. The van der Waals surface area contributed by atoms with Crippen LogP contribution in [0.25, 0.3) is 19.8 Å². The van der Waals surface area contributed by atoms with Crippen LogP contribution in [0, 0.1) is 0 Å². The van der Waals surface area contributed by atoms with E-state index < -0.39 is 5.91 Å². The van der Waals surface area contributed by atoms with Crippen LogP contribution in [0.1, 0.15) is 37.2 Å². The van der Waals surface area contributed by atoms with Crippen molar-refractivity contribution in [2.45, 2.75) is 13.0 Å². The molecule has 2 amide bonds. The van der Waals surface area contributed by atoms with Gasteiger partial charge in [-0.3, -0.25) is 14.8 Å². The molecule has 0 aliphatic carbocycles. The monoisotopic (exact) mass is 428 g/mol. The summed E-state index contributed by atoms with van der Waals surface area (Å²) in [5, 5.41) is 12.9. The molecule has 1 aromatic carbocycles. The first kappa shape index (κ1) is 18.8. The summed E-state index contributed by atoms with van der Waals surface area (Å²) in [7, 11) is 0. The minimum absolute atomic E-state index is 0.155. The third-order valence-corrected chi connectivity index (χ3v) is 7.89. The third-order valence-electron chi connectivity index (χ3n) is 4.22. The lowest BCUT2D eigenvalue weighted by Gasteiger charge is -2.11. The second kappa shape index (κ2) is 7.84. The molecule has 8 heteroatoms. The molecule has 0 saturated heterocycles. The number of nitrogens with one attached hydrogen (secondary N) is 2. The Morgan fingerprint density at radius 1 is 0.893 bits per heavy atom. The Morgan fingerprint density at radius 2 is 1.64 bits per heavy atom. The molecule has 3 aromatic heterocycles. The van der Waals surface area contributed by atoms with Gasteiger partial charge in [0.2, 0.25) is 0 Å². The number of hydrogen-bond acceptors (Lipinski definition) is 6. The van der Waals surface area contributed by atoms with Crippen LogP contribution in [0.2, 0.25) is 0 Å². The smallest absolute Gasteiger partial charge is 0.284 e. The molecule has 0 aliphatic rings. The molecule has 1 unspecified atom stereocenters. The largest absolute Gasteiger partial charge is 0.344 e. The average molecular weight is 429 g/mol. The Morgan fingerprint density at radius 3 is 2.39 bits per heavy atom. The summed E-state index contributed by atoms with van der Waals surface area (Å²) >= 11 is 4.46. The Labute approximate surface area is 173 Å². The first-order chi connectivity index (χ1) is 13.5. The number of thiophene rings is 3. The lowest BCUT2D eigenvalue weighted by Crippen LogP contribution is -2.25. The first-order valence-electron chi connectivity index (χ1n) is 8.49. The summed E-state index contributed by atoms with van der Waals surface area (Å²) in [6, 6.07) is 17.6. The van der Waals surface area contributed by atoms with Gasteiger partial charge in [-0.1, -0.05) is 18.2 Å². The minimum atomic E-state index is -0.622. The molecule has 0 spiro atoms. The lowest BCUT2D eigenvalue weighted by atomic mass is 10.2. The number of rotatable bonds is 5. The normalized spacial score (nSPS) is 12.1. The van der Waals surface area contributed by atoms with Crippen LogP contribution in [0.4, 0.5) is 0 Å². The molecule has 3 heterocycles. The molecular formula is C20H16N2O3S3. The van der Waals surface area contributed by atoms with E-state index in [4.69, 9.17) is 5.21 Å². The highest BCUT2D eigenvalue weighted by Crippen LogP contribution is 2.38. The molecular weight excluding hydrogens is 412 g/mol. The number of hydroxylamine groups is 1. The molecule has 0 aliphatic heterocycles. The van der Waals surface area contributed by atoms with Crippen molar-refractivity contribution >= 4 is 55.9 Å². The summed E-state index contributed by atoms with van der Waals surface area (Å²) in [5.74, 6) is -0.866. The van der Waals surface area contributed by atoms with Crippen LogP contribution < -0.4 is 10.8 Å². The van der Waals surface area contributed by atoms with Gasteiger partial charge in [0, 0.05) is 19.3 Å². The van der Waals surface area contributed by atoms with Gasteiger partial charge in [0.15, 0.2) is 0 Å². The van der Waals surface area contributed by atoms with Crippen molar-refractivity contribution in [1.29, 1.82) is 0 Å². The van der Waals surface area contributed by atoms with Gasteiger partial charge in [-0.15, -0.1) is 34.0 Å². The first-order valence-corrected chi connectivity index (χ1v) is 10.9. The van der Waals surface area contributed by atoms with Crippen molar-refractivity contribution in [3.8, 4) is 9.75 Å². The van der Waals surface area contributed by atoms with E-state index in [9.17, 15) is 9.59 Å². The summed E-state index contributed by atoms with van der Waals surface area (Å²) in [6.07, 6.45) is 0. The van der Waals surface area contributed by atoms with Gasteiger partial charge >= 0.3 is 0 Å². The van der Waals surface area contributed by atoms with Crippen LogP contribution in [-0.2, 0) is 0 Å². The summed E-state index contributed by atoms with van der Waals surface area (Å²) < 4.78 is 1.26. The topological polar surface area (TPSA) is 78.4 Å². The Kier molecular flexibility index (Phi) is 5.27. The van der Waals surface area contributed by atoms with Crippen molar-refractivity contribution < 1.29 is 14.8 Å². The number of hydrogen-bond donors (Lipinski definition) is 3. The highest BCUT2D eigenvalue weighted by Gasteiger charge is 2.17. The third kappa shape index (κ3) is 3.72. The molecule has 142 valence electrons. The minimum Gasteiger partial charge on any atom is -0.344 e. The molecule has 0 radical (unpaired) electrons. The number of fused-ring (bicyclic) bond motifs is 1. The molecule has 4 aromatic rings. The second-order valence-electron chi connectivity index (χ2n) is 6.15. The molecule has 5 nitrogen and oxygen atoms in total. The van der Waals surface area contributed by atoms with E-state index in [2.05, 4.69) is 29.6 Å². The van der Waals surface area contributed by atoms with E-state index in [-0.39, 0.29) is 16.8 Å². The van der Waals surface area contributed by atoms with Crippen molar-refractivity contribution in [3.05, 3.63) is 69.2 Å². The van der Waals surface area contributed by atoms with Crippen molar-refractivity contribution in [3.63, 3.8) is 0 Å². The van der Waals surface area contributed by atoms with Gasteiger partial charge < -0.3 is 5.32 Å². The highest BCUT2D eigenvalue weighted by molar-refractivity contribution is 7.26. The molecule has 0 bridgehead atoms. The highest BCUT2D eigenvalue weighted by atomic mass is 32.1. The van der Waals surface area contributed by atoms with E-state index in [0.717, 1.165) is 16.2 Å². The van der Waals surface area contributed by atoms with Crippen LogP contribution in [0.15, 0.2) is 54.6 Å². The average Bonchev–Trinajstić information content (AvgIpc) is 3.45. The predicted octanol–water partition coefficient (Wildman–Crippen LogP) is 5.30. The SMILES string of the molecule is CC(NC(=O)c1ccc(C(=O)NO)s1)c1ccc(-c2cc3ccccc3s2)s1. The quantitative estimate of drug-likeness (QED) is 0.298. The van der Waals surface area contributed by atoms with E-state index in [1.54, 1.807) is 34.2 Å². The fourth-order valence-electron chi connectivity index (χ4n) is 2.80. The molecule has 3 N–H and O–H groups in total. The molecule has 1 atom stereocenters. The predicted molar refractivity (Wildman–Crippen MR) is 115 cm³/mol. The van der Waals surface area contributed by atoms with Crippen LogP contribution in [-0.4, -0.2) is 17.0 Å². The van der Waals surface area contributed by atoms with Gasteiger partial charge in [-0.05, 0) is 48.7 Å². The van der Waals surface area contributed by atoms with Crippen molar-refractivity contribution in [2.24, 2.45) is 0 Å². The zero-order valence-electron chi connectivity index (χ0n) is 14.8. The van der Waals surface area contributed by atoms with Crippen molar-refractivity contribution in [1.82, 2.24) is 10.8 Å². The van der Waals surface area contributed by atoms with Gasteiger partial charge in [0.05, 0.1) is 15.8 Å². The van der Waals surface area contributed by atoms with Crippen LogP contribution in [0.5, 0.6) is 0 Å². The zero-order chi connectivity index (χ0) is 19.7. The van der Waals surface area contributed by atoms with E-state index in [1.165, 1.54) is 25.9 Å². The summed E-state index contributed by atoms with van der Waals surface area (Å²) in [5.41, 5.74) is 1.57. The fraction of sp³-hybridized carbons (Fsp3) is 0.100. The Hall–Kier alpha value is -2.52. The maximum absolute atomic E-state index is 12.5. The maximum Gasteiger partial charge on any atom is 0.284 e. The molecule has 4 rings (SSSR count). The standard InChI is InChI=1S/C20H16N2O3S3/c1-11(21-19(23)16-8-9-17(28-16)20(24)22-25)13-6-7-15(26-13)18-10-12-4-2-3-5-14(12)27-18/h2-11,25H,1H3,(H,21,23)(H,22,24). The van der Waals surface area contributed by atoms with Crippen molar-refractivity contribution in [2.75, 3.05) is 0 Å².